The highest BCUT2D eigenvalue weighted by Crippen LogP contribution is 2.38. The van der Waals surface area contributed by atoms with Crippen LogP contribution in [0.25, 0.3) is 0 Å². The van der Waals surface area contributed by atoms with E-state index in [0.29, 0.717) is 0 Å². The van der Waals surface area contributed by atoms with Gasteiger partial charge < -0.3 is 0 Å². The van der Waals surface area contributed by atoms with Crippen LogP contribution in [0.3, 0.4) is 0 Å². The number of aryl methyl sites for hydroxylation is 1. The molecule has 0 saturated heterocycles. The predicted octanol–water partition coefficient (Wildman–Crippen LogP) is 6.23. The summed E-state index contributed by atoms with van der Waals surface area (Å²) < 4.78 is 0. The van der Waals surface area contributed by atoms with Crippen molar-refractivity contribution >= 4 is 38.9 Å². The molecule has 0 fully saturated rings. The summed E-state index contributed by atoms with van der Waals surface area (Å²) in [6, 6.07) is 10.8. The SMILES string of the molecule is CCCCc1ccc(C(Br)c2sccc2Cl)cc1. The lowest BCUT2D eigenvalue weighted by Crippen LogP contribution is -1.92. The second-order valence-corrected chi connectivity index (χ2v) is 6.61. The van der Waals surface area contributed by atoms with Crippen molar-refractivity contribution in [1.82, 2.24) is 0 Å². The molecule has 1 unspecified atom stereocenters. The van der Waals surface area contributed by atoms with Gasteiger partial charge in [0.25, 0.3) is 0 Å². The predicted molar refractivity (Wildman–Crippen MR) is 85.2 cm³/mol. The van der Waals surface area contributed by atoms with Gasteiger partial charge in [-0.3, -0.25) is 0 Å². The average Bonchev–Trinajstić information content (AvgIpc) is 2.82. The van der Waals surface area contributed by atoms with Gasteiger partial charge in [-0.15, -0.1) is 11.3 Å². The van der Waals surface area contributed by atoms with E-state index in [-0.39, 0.29) is 4.83 Å². The number of hydrogen-bond donors (Lipinski definition) is 0. The molecule has 0 aliphatic heterocycles. The molecule has 0 aliphatic carbocycles. The fourth-order valence-corrected chi connectivity index (χ4v) is 4.05. The highest BCUT2D eigenvalue weighted by molar-refractivity contribution is 9.09. The van der Waals surface area contributed by atoms with E-state index in [9.17, 15) is 0 Å². The van der Waals surface area contributed by atoms with Gasteiger partial charge in [0.05, 0.1) is 9.85 Å². The van der Waals surface area contributed by atoms with Gasteiger partial charge in [-0.1, -0.05) is 65.1 Å². The quantitative estimate of drug-likeness (QED) is 0.565. The summed E-state index contributed by atoms with van der Waals surface area (Å²) in [5.41, 5.74) is 2.68. The third kappa shape index (κ3) is 3.37. The largest absolute Gasteiger partial charge is 0.146 e. The zero-order valence-corrected chi connectivity index (χ0v) is 13.5. The zero-order chi connectivity index (χ0) is 13.0. The van der Waals surface area contributed by atoms with E-state index in [1.165, 1.54) is 35.3 Å². The molecule has 2 aromatic rings. The van der Waals surface area contributed by atoms with Crippen LogP contribution in [0.4, 0.5) is 0 Å². The van der Waals surface area contributed by atoms with Gasteiger partial charge in [-0.25, -0.2) is 0 Å². The van der Waals surface area contributed by atoms with E-state index in [1.807, 2.05) is 11.4 Å². The monoisotopic (exact) mass is 342 g/mol. The molecule has 0 spiro atoms. The van der Waals surface area contributed by atoms with Crippen LogP contribution in [0, 0.1) is 0 Å². The van der Waals surface area contributed by atoms with Gasteiger partial charge in [0.15, 0.2) is 0 Å². The van der Waals surface area contributed by atoms with Crippen molar-refractivity contribution in [2.45, 2.75) is 31.0 Å². The van der Waals surface area contributed by atoms with Crippen molar-refractivity contribution in [1.29, 1.82) is 0 Å². The molecule has 0 N–H and O–H groups in total. The van der Waals surface area contributed by atoms with E-state index in [2.05, 4.69) is 47.1 Å². The molecule has 0 radical (unpaired) electrons. The van der Waals surface area contributed by atoms with Crippen LogP contribution in [0.5, 0.6) is 0 Å². The number of unbranched alkanes of at least 4 members (excludes halogenated alkanes) is 1. The maximum Gasteiger partial charge on any atom is 0.0753 e. The minimum absolute atomic E-state index is 0.199. The summed E-state index contributed by atoms with van der Waals surface area (Å²) in [7, 11) is 0. The molecule has 0 amide bonds. The zero-order valence-electron chi connectivity index (χ0n) is 10.3. The number of alkyl halides is 1. The lowest BCUT2D eigenvalue weighted by Gasteiger charge is -2.10. The molecule has 0 nitrogen and oxygen atoms in total. The molecule has 1 heterocycles. The Labute approximate surface area is 126 Å². The Hall–Kier alpha value is -0.310. The van der Waals surface area contributed by atoms with Gasteiger partial charge >= 0.3 is 0 Å². The number of halogens is 2. The van der Waals surface area contributed by atoms with Crippen LogP contribution in [0.15, 0.2) is 35.7 Å². The van der Waals surface area contributed by atoms with Crippen LogP contribution >= 0.6 is 38.9 Å². The van der Waals surface area contributed by atoms with E-state index >= 15 is 0 Å². The van der Waals surface area contributed by atoms with Crippen LogP contribution in [-0.4, -0.2) is 0 Å². The minimum atomic E-state index is 0.199. The third-order valence-electron chi connectivity index (χ3n) is 2.97. The van der Waals surface area contributed by atoms with Gasteiger partial charge in [0.1, 0.15) is 0 Å². The van der Waals surface area contributed by atoms with Crippen molar-refractivity contribution in [3.63, 3.8) is 0 Å². The van der Waals surface area contributed by atoms with E-state index in [1.54, 1.807) is 11.3 Å². The summed E-state index contributed by atoms with van der Waals surface area (Å²) in [4.78, 5) is 1.38. The Kier molecular flexibility index (Phi) is 5.28. The van der Waals surface area contributed by atoms with Crippen LogP contribution in [-0.2, 0) is 6.42 Å². The standard InChI is InChI=1S/C15H16BrClS/c1-2-3-4-11-5-7-12(8-6-11)14(16)15-13(17)9-10-18-15/h5-10,14H,2-4H2,1H3. The molecule has 96 valence electrons. The van der Waals surface area contributed by atoms with Crippen molar-refractivity contribution < 1.29 is 0 Å². The van der Waals surface area contributed by atoms with Crippen molar-refractivity contribution in [3.8, 4) is 0 Å². The first kappa shape index (κ1) is 14.1. The highest BCUT2D eigenvalue weighted by atomic mass is 79.9. The lowest BCUT2D eigenvalue weighted by atomic mass is 10.0. The molecule has 0 aliphatic rings. The number of hydrogen-bond acceptors (Lipinski definition) is 1. The second-order valence-electron chi connectivity index (χ2n) is 4.34. The van der Waals surface area contributed by atoms with Crippen LogP contribution < -0.4 is 0 Å². The first-order valence-electron chi connectivity index (χ1n) is 6.18. The molecular formula is C15H16BrClS. The first-order chi connectivity index (χ1) is 8.72. The summed E-state index contributed by atoms with van der Waals surface area (Å²) in [6.45, 7) is 2.22. The second kappa shape index (κ2) is 6.74. The maximum atomic E-state index is 6.16. The van der Waals surface area contributed by atoms with Gasteiger partial charge in [0.2, 0.25) is 0 Å². The molecule has 0 saturated carbocycles. The normalized spacial score (nSPS) is 12.6. The number of rotatable bonds is 5. The third-order valence-corrected chi connectivity index (χ3v) is 5.68. The molecule has 1 aromatic carbocycles. The van der Waals surface area contributed by atoms with Gasteiger partial charge in [-0.2, -0.15) is 0 Å². The Morgan fingerprint density at radius 1 is 1.22 bits per heavy atom. The topological polar surface area (TPSA) is 0 Å². The first-order valence-corrected chi connectivity index (χ1v) is 8.35. The van der Waals surface area contributed by atoms with Crippen molar-refractivity contribution in [2.24, 2.45) is 0 Å². The molecule has 2 rings (SSSR count). The summed E-state index contributed by atoms with van der Waals surface area (Å²) in [5.74, 6) is 0. The smallest absolute Gasteiger partial charge is 0.0753 e. The Balaban J connectivity index is 2.12. The molecule has 1 aromatic heterocycles. The van der Waals surface area contributed by atoms with Crippen LogP contribution in [0.2, 0.25) is 5.02 Å². The molecular weight excluding hydrogens is 328 g/mol. The number of thiophene rings is 1. The summed E-state index contributed by atoms with van der Waals surface area (Å²) in [6.07, 6.45) is 3.67. The van der Waals surface area contributed by atoms with Crippen molar-refractivity contribution in [3.05, 3.63) is 56.7 Å². The fourth-order valence-electron chi connectivity index (χ4n) is 1.87. The van der Waals surface area contributed by atoms with E-state index < -0.39 is 0 Å². The fraction of sp³-hybridized carbons (Fsp3) is 0.333. The molecule has 1 atom stereocenters. The van der Waals surface area contributed by atoms with Gasteiger partial charge in [0, 0.05) is 4.88 Å². The van der Waals surface area contributed by atoms with Crippen molar-refractivity contribution in [2.75, 3.05) is 0 Å². The van der Waals surface area contributed by atoms with Gasteiger partial charge in [-0.05, 0) is 35.4 Å². The summed E-state index contributed by atoms with van der Waals surface area (Å²) >= 11 is 11.6. The molecule has 0 bridgehead atoms. The average molecular weight is 344 g/mol. The van der Waals surface area contributed by atoms with E-state index in [0.717, 1.165) is 5.02 Å². The molecule has 3 heteroatoms. The minimum Gasteiger partial charge on any atom is -0.146 e. The summed E-state index contributed by atoms with van der Waals surface area (Å²) in [5, 5.41) is 2.87. The Bertz CT molecular complexity index is 489. The molecule has 18 heavy (non-hydrogen) atoms. The Morgan fingerprint density at radius 3 is 2.50 bits per heavy atom. The van der Waals surface area contributed by atoms with E-state index in [4.69, 9.17) is 11.6 Å². The highest BCUT2D eigenvalue weighted by Gasteiger charge is 2.14. The van der Waals surface area contributed by atoms with Crippen LogP contribution in [0.1, 0.15) is 40.6 Å². The Morgan fingerprint density at radius 2 is 1.94 bits per heavy atom. The number of benzene rings is 1. The lowest BCUT2D eigenvalue weighted by molar-refractivity contribution is 0.795. The maximum absolute atomic E-state index is 6.16.